The molecule has 2 rings (SSSR count). The fourth-order valence-corrected chi connectivity index (χ4v) is 2.38. The molecule has 23 heavy (non-hydrogen) atoms. The minimum atomic E-state index is -2.13. The van der Waals surface area contributed by atoms with Crippen LogP contribution in [0, 0.1) is 0 Å². The van der Waals surface area contributed by atoms with Crippen LogP contribution in [0.4, 0.5) is 0 Å². The first-order valence-corrected chi connectivity index (χ1v) is 7.17. The molecule has 1 aromatic rings. The van der Waals surface area contributed by atoms with Gasteiger partial charge in [0.15, 0.2) is 0 Å². The number of aromatic carboxylic acids is 1. The minimum absolute atomic E-state index is 0.0681. The molecule has 0 atom stereocenters. The van der Waals surface area contributed by atoms with Crippen molar-refractivity contribution >= 4 is 19.2 Å². The van der Waals surface area contributed by atoms with Crippen LogP contribution in [0.15, 0.2) is 12.1 Å². The van der Waals surface area contributed by atoms with Crippen molar-refractivity contribution in [1.82, 2.24) is 4.90 Å². The van der Waals surface area contributed by atoms with Crippen molar-refractivity contribution < 1.29 is 34.1 Å². The summed E-state index contributed by atoms with van der Waals surface area (Å²) < 4.78 is 10.5. The van der Waals surface area contributed by atoms with Gasteiger partial charge in [0, 0.05) is 6.92 Å². The fourth-order valence-electron chi connectivity index (χ4n) is 2.38. The molecule has 1 heterocycles. The molecule has 3 N–H and O–H groups in total. The zero-order valence-electron chi connectivity index (χ0n) is 12.9. The SMILES string of the molecule is CCc1ccc(OC2CN(C(C)=O)C2)c(C(=O)O)c1OB(O)O. The minimum Gasteiger partial charge on any atom is -0.511 e. The highest BCUT2D eigenvalue weighted by molar-refractivity contribution is 6.34. The van der Waals surface area contributed by atoms with E-state index >= 15 is 0 Å². The number of carbonyl (C=O) groups is 2. The van der Waals surface area contributed by atoms with Crippen molar-refractivity contribution in [2.75, 3.05) is 13.1 Å². The van der Waals surface area contributed by atoms with Gasteiger partial charge in [0.1, 0.15) is 23.2 Å². The van der Waals surface area contributed by atoms with Crippen molar-refractivity contribution in [3.8, 4) is 11.5 Å². The third kappa shape index (κ3) is 3.75. The third-order valence-electron chi connectivity index (χ3n) is 3.61. The normalized spacial score (nSPS) is 14.2. The maximum Gasteiger partial charge on any atom is 0.707 e. The van der Waals surface area contributed by atoms with Crippen LogP contribution in [0.3, 0.4) is 0 Å². The van der Waals surface area contributed by atoms with E-state index in [-0.39, 0.29) is 29.1 Å². The molecule has 1 aliphatic heterocycles. The number of likely N-dealkylation sites (tertiary alicyclic amines) is 1. The molecule has 1 amide bonds. The van der Waals surface area contributed by atoms with Gasteiger partial charge < -0.3 is 29.4 Å². The van der Waals surface area contributed by atoms with E-state index in [0.717, 1.165) is 0 Å². The average Bonchev–Trinajstić information content (AvgIpc) is 2.40. The number of carboxylic acid groups (broad SMARTS) is 1. The van der Waals surface area contributed by atoms with E-state index in [9.17, 15) is 14.7 Å². The molecule has 0 aliphatic carbocycles. The first kappa shape index (κ1) is 17.1. The number of amides is 1. The van der Waals surface area contributed by atoms with E-state index in [1.807, 2.05) is 0 Å². The quantitative estimate of drug-likeness (QED) is 0.626. The molecule has 0 aromatic heterocycles. The number of hydrogen-bond acceptors (Lipinski definition) is 6. The summed E-state index contributed by atoms with van der Waals surface area (Å²) in [5.74, 6) is -1.43. The molecular formula is C14H18BNO7. The van der Waals surface area contributed by atoms with Gasteiger partial charge in [-0.05, 0) is 18.1 Å². The van der Waals surface area contributed by atoms with Gasteiger partial charge in [0.05, 0.1) is 13.1 Å². The van der Waals surface area contributed by atoms with Gasteiger partial charge in [-0.2, -0.15) is 0 Å². The number of carbonyl (C=O) groups excluding carboxylic acids is 1. The van der Waals surface area contributed by atoms with Gasteiger partial charge in [0.25, 0.3) is 0 Å². The molecule has 1 saturated heterocycles. The molecule has 0 spiro atoms. The molecule has 9 heteroatoms. The molecular weight excluding hydrogens is 305 g/mol. The number of nitrogens with zero attached hydrogens (tertiary/aromatic N) is 1. The number of rotatable bonds is 6. The van der Waals surface area contributed by atoms with Crippen LogP contribution in [0.2, 0.25) is 0 Å². The van der Waals surface area contributed by atoms with E-state index in [1.54, 1.807) is 17.9 Å². The van der Waals surface area contributed by atoms with E-state index in [1.165, 1.54) is 13.0 Å². The molecule has 1 fully saturated rings. The lowest BCUT2D eigenvalue weighted by atomic mass is 10.0. The molecule has 124 valence electrons. The Balaban J connectivity index is 2.29. The largest absolute Gasteiger partial charge is 0.707 e. The maximum absolute atomic E-state index is 11.6. The third-order valence-corrected chi connectivity index (χ3v) is 3.61. The first-order chi connectivity index (χ1) is 10.8. The number of hydrogen-bond donors (Lipinski definition) is 3. The fraction of sp³-hybridized carbons (Fsp3) is 0.429. The van der Waals surface area contributed by atoms with E-state index in [0.29, 0.717) is 25.1 Å². The van der Waals surface area contributed by atoms with E-state index in [4.69, 9.17) is 19.4 Å². The first-order valence-electron chi connectivity index (χ1n) is 7.17. The monoisotopic (exact) mass is 323 g/mol. The standard InChI is InChI=1S/C14H18BNO7/c1-3-9-4-5-11(22-10-6-16(7-10)8(2)17)12(14(18)19)13(9)23-15(20)21/h4-5,10,20-21H,3,6-7H2,1-2H3,(H,18,19). The second kappa shape index (κ2) is 6.88. The summed E-state index contributed by atoms with van der Waals surface area (Å²) in [6, 6.07) is 3.12. The molecule has 1 aliphatic rings. The Morgan fingerprint density at radius 2 is 2.00 bits per heavy atom. The summed E-state index contributed by atoms with van der Waals surface area (Å²) in [6.07, 6.45) is 0.140. The molecule has 0 radical (unpaired) electrons. The number of ether oxygens (including phenoxy) is 1. The second-order valence-electron chi connectivity index (χ2n) is 5.19. The van der Waals surface area contributed by atoms with Crippen molar-refractivity contribution in [2.45, 2.75) is 26.4 Å². The van der Waals surface area contributed by atoms with Crippen molar-refractivity contribution in [1.29, 1.82) is 0 Å². The van der Waals surface area contributed by atoms with Crippen molar-refractivity contribution in [3.63, 3.8) is 0 Å². The second-order valence-corrected chi connectivity index (χ2v) is 5.19. The number of carboxylic acids is 1. The molecule has 8 nitrogen and oxygen atoms in total. The molecule has 0 unspecified atom stereocenters. The Hall–Kier alpha value is -2.26. The predicted octanol–water partition coefficient (Wildman–Crippen LogP) is -0.0950. The predicted molar refractivity (Wildman–Crippen MR) is 80.3 cm³/mol. The highest BCUT2D eigenvalue weighted by atomic mass is 16.6. The van der Waals surface area contributed by atoms with Crippen molar-refractivity contribution in [3.05, 3.63) is 23.3 Å². The topological polar surface area (TPSA) is 117 Å². The lowest BCUT2D eigenvalue weighted by Crippen LogP contribution is -2.55. The van der Waals surface area contributed by atoms with Gasteiger partial charge in [-0.1, -0.05) is 13.0 Å². The van der Waals surface area contributed by atoms with E-state index in [2.05, 4.69) is 0 Å². The molecule has 0 bridgehead atoms. The van der Waals surface area contributed by atoms with E-state index < -0.39 is 13.3 Å². The Labute approximate surface area is 133 Å². The molecule has 0 saturated carbocycles. The highest BCUT2D eigenvalue weighted by Crippen LogP contribution is 2.34. The molecule has 1 aromatic carbocycles. The Kier molecular flexibility index (Phi) is 5.12. The zero-order chi connectivity index (χ0) is 17.1. The van der Waals surface area contributed by atoms with Crippen LogP contribution in [0.1, 0.15) is 29.8 Å². The van der Waals surface area contributed by atoms with Gasteiger partial charge in [-0.3, -0.25) is 4.79 Å². The summed E-state index contributed by atoms with van der Waals surface area (Å²) in [7, 11) is -2.13. The lowest BCUT2D eigenvalue weighted by molar-refractivity contribution is -0.137. The Morgan fingerprint density at radius 1 is 1.35 bits per heavy atom. The lowest BCUT2D eigenvalue weighted by Gasteiger charge is -2.38. The van der Waals surface area contributed by atoms with Crippen LogP contribution in [0.25, 0.3) is 0 Å². The number of benzene rings is 1. The van der Waals surface area contributed by atoms with Crippen LogP contribution in [-0.4, -0.2) is 58.4 Å². The van der Waals surface area contributed by atoms with Crippen LogP contribution >= 0.6 is 0 Å². The smallest absolute Gasteiger partial charge is 0.511 e. The Bertz CT molecular complexity index is 613. The van der Waals surface area contributed by atoms with Gasteiger partial charge in [-0.25, -0.2) is 4.79 Å². The van der Waals surface area contributed by atoms with Crippen LogP contribution < -0.4 is 9.39 Å². The maximum atomic E-state index is 11.6. The average molecular weight is 323 g/mol. The van der Waals surface area contributed by atoms with Gasteiger partial charge >= 0.3 is 13.3 Å². The van der Waals surface area contributed by atoms with Gasteiger partial charge in [-0.15, -0.1) is 0 Å². The van der Waals surface area contributed by atoms with Crippen LogP contribution in [0.5, 0.6) is 11.5 Å². The summed E-state index contributed by atoms with van der Waals surface area (Å²) in [6.45, 7) is 3.99. The summed E-state index contributed by atoms with van der Waals surface area (Å²) in [4.78, 5) is 24.3. The van der Waals surface area contributed by atoms with Gasteiger partial charge in [0.2, 0.25) is 5.91 Å². The highest BCUT2D eigenvalue weighted by Gasteiger charge is 2.32. The van der Waals surface area contributed by atoms with Crippen molar-refractivity contribution in [2.24, 2.45) is 0 Å². The Morgan fingerprint density at radius 3 is 2.48 bits per heavy atom. The summed E-state index contributed by atoms with van der Waals surface area (Å²) in [5, 5.41) is 27.5. The zero-order valence-corrected chi connectivity index (χ0v) is 12.9. The summed E-state index contributed by atoms with van der Waals surface area (Å²) >= 11 is 0. The van der Waals surface area contributed by atoms with Crippen LogP contribution in [-0.2, 0) is 11.2 Å². The number of aryl methyl sites for hydroxylation is 1. The summed E-state index contributed by atoms with van der Waals surface area (Å²) in [5.41, 5.74) is 0.251.